The molecule has 7 heteroatoms. The Balaban J connectivity index is 1.96. The van der Waals surface area contributed by atoms with E-state index in [1.807, 2.05) is 0 Å². The summed E-state index contributed by atoms with van der Waals surface area (Å²) < 4.78 is 4.85. The van der Waals surface area contributed by atoms with Crippen LogP contribution in [0.2, 0.25) is 0 Å². The van der Waals surface area contributed by atoms with Crippen LogP contribution < -0.4 is 16.4 Å². The summed E-state index contributed by atoms with van der Waals surface area (Å²) >= 11 is 0. The van der Waals surface area contributed by atoms with Crippen LogP contribution in [-0.2, 0) is 4.79 Å². The average molecular weight is 302 g/mol. The second kappa shape index (κ2) is 6.86. The summed E-state index contributed by atoms with van der Waals surface area (Å²) in [4.78, 5) is 23.6. The zero-order valence-corrected chi connectivity index (χ0v) is 12.4. The maximum atomic E-state index is 12.0. The van der Waals surface area contributed by atoms with Crippen LogP contribution >= 0.6 is 0 Å². The topological polar surface area (TPSA) is 110 Å². The van der Waals surface area contributed by atoms with E-state index in [0.29, 0.717) is 22.7 Å². The standard InChI is InChI=1S/C15H18N4O3/c1-9(16)7-14(20)18-11-3-5-12(6-4-11)19-15(21)13-8-17-22-10(13)2/h3-6,8-9H,7,16H2,1-2H3,(H,18,20)(H,19,21). The van der Waals surface area contributed by atoms with Gasteiger partial charge in [0, 0.05) is 23.8 Å². The molecule has 0 fully saturated rings. The zero-order chi connectivity index (χ0) is 16.1. The molecule has 0 saturated heterocycles. The van der Waals surface area contributed by atoms with Gasteiger partial charge < -0.3 is 20.9 Å². The van der Waals surface area contributed by atoms with Crippen molar-refractivity contribution in [1.29, 1.82) is 0 Å². The van der Waals surface area contributed by atoms with E-state index in [-0.39, 0.29) is 24.3 Å². The quantitative estimate of drug-likeness (QED) is 0.781. The Morgan fingerprint density at radius 1 is 1.23 bits per heavy atom. The number of amides is 2. The second-order valence-electron chi connectivity index (χ2n) is 5.06. The number of benzene rings is 1. The summed E-state index contributed by atoms with van der Waals surface area (Å²) in [5.41, 5.74) is 7.20. The lowest BCUT2D eigenvalue weighted by Crippen LogP contribution is -2.23. The molecule has 1 aromatic heterocycles. The number of nitrogens with two attached hydrogens (primary N) is 1. The van der Waals surface area contributed by atoms with Gasteiger partial charge in [0.1, 0.15) is 11.3 Å². The van der Waals surface area contributed by atoms with Gasteiger partial charge in [-0.05, 0) is 38.1 Å². The highest BCUT2D eigenvalue weighted by molar-refractivity contribution is 6.04. The zero-order valence-electron chi connectivity index (χ0n) is 12.4. The van der Waals surface area contributed by atoms with E-state index in [0.717, 1.165) is 0 Å². The molecule has 2 amide bonds. The lowest BCUT2D eigenvalue weighted by atomic mass is 10.2. The smallest absolute Gasteiger partial charge is 0.260 e. The maximum Gasteiger partial charge on any atom is 0.260 e. The molecule has 7 nitrogen and oxygen atoms in total. The van der Waals surface area contributed by atoms with E-state index >= 15 is 0 Å². The van der Waals surface area contributed by atoms with E-state index in [2.05, 4.69) is 15.8 Å². The second-order valence-corrected chi connectivity index (χ2v) is 5.06. The molecule has 22 heavy (non-hydrogen) atoms. The molecular weight excluding hydrogens is 284 g/mol. The van der Waals surface area contributed by atoms with E-state index in [1.165, 1.54) is 6.20 Å². The molecule has 0 aliphatic heterocycles. The van der Waals surface area contributed by atoms with E-state index < -0.39 is 0 Å². The van der Waals surface area contributed by atoms with Crippen LogP contribution in [0.4, 0.5) is 11.4 Å². The molecule has 0 spiro atoms. The molecule has 1 atom stereocenters. The van der Waals surface area contributed by atoms with Crippen LogP contribution in [0.3, 0.4) is 0 Å². The first-order chi connectivity index (χ1) is 10.5. The molecule has 0 aliphatic rings. The number of aromatic nitrogens is 1. The number of rotatable bonds is 5. The van der Waals surface area contributed by atoms with E-state index in [4.69, 9.17) is 10.3 Å². The van der Waals surface area contributed by atoms with Gasteiger partial charge in [-0.2, -0.15) is 0 Å². The number of nitrogens with one attached hydrogen (secondary N) is 2. The number of hydrogen-bond acceptors (Lipinski definition) is 5. The highest BCUT2D eigenvalue weighted by Crippen LogP contribution is 2.16. The summed E-state index contributed by atoms with van der Waals surface area (Å²) in [5, 5.41) is 9.02. The molecule has 1 aromatic carbocycles. The third-order valence-electron chi connectivity index (χ3n) is 2.93. The number of carbonyl (C=O) groups excluding carboxylic acids is 2. The van der Waals surface area contributed by atoms with Crippen molar-refractivity contribution < 1.29 is 14.1 Å². The van der Waals surface area contributed by atoms with Gasteiger partial charge >= 0.3 is 0 Å². The van der Waals surface area contributed by atoms with Crippen molar-refractivity contribution in [1.82, 2.24) is 5.16 Å². The minimum atomic E-state index is -0.299. The van der Waals surface area contributed by atoms with E-state index in [1.54, 1.807) is 38.1 Å². The van der Waals surface area contributed by atoms with Crippen LogP contribution in [0, 0.1) is 6.92 Å². The maximum absolute atomic E-state index is 12.0. The van der Waals surface area contributed by atoms with Gasteiger partial charge in [-0.15, -0.1) is 0 Å². The summed E-state index contributed by atoms with van der Waals surface area (Å²) in [6.07, 6.45) is 1.62. The third-order valence-corrected chi connectivity index (χ3v) is 2.93. The number of anilines is 2. The monoisotopic (exact) mass is 302 g/mol. The lowest BCUT2D eigenvalue weighted by Gasteiger charge is -2.08. The average Bonchev–Trinajstić information content (AvgIpc) is 2.86. The molecular formula is C15H18N4O3. The van der Waals surface area contributed by atoms with Gasteiger partial charge in [0.2, 0.25) is 5.91 Å². The molecule has 0 bridgehead atoms. The van der Waals surface area contributed by atoms with Crippen LogP contribution in [0.5, 0.6) is 0 Å². The van der Waals surface area contributed by atoms with Gasteiger partial charge in [-0.1, -0.05) is 5.16 Å². The van der Waals surface area contributed by atoms with Crippen molar-refractivity contribution in [2.24, 2.45) is 5.73 Å². The summed E-state index contributed by atoms with van der Waals surface area (Å²) in [6.45, 7) is 3.43. The summed E-state index contributed by atoms with van der Waals surface area (Å²) in [7, 11) is 0. The highest BCUT2D eigenvalue weighted by atomic mass is 16.5. The molecule has 116 valence electrons. The molecule has 0 saturated carbocycles. The molecule has 4 N–H and O–H groups in total. The Morgan fingerprint density at radius 2 is 1.82 bits per heavy atom. The largest absolute Gasteiger partial charge is 0.361 e. The van der Waals surface area contributed by atoms with Crippen molar-refractivity contribution in [2.75, 3.05) is 10.6 Å². The Kier molecular flexibility index (Phi) is 4.90. The molecule has 1 unspecified atom stereocenters. The lowest BCUT2D eigenvalue weighted by molar-refractivity contribution is -0.116. The van der Waals surface area contributed by atoms with Gasteiger partial charge in [-0.25, -0.2) is 0 Å². The minimum absolute atomic E-state index is 0.146. The Hall–Kier alpha value is -2.67. The predicted molar refractivity (Wildman–Crippen MR) is 82.5 cm³/mol. The van der Waals surface area contributed by atoms with Crippen molar-refractivity contribution in [3.05, 3.63) is 41.8 Å². The summed E-state index contributed by atoms with van der Waals surface area (Å²) in [6, 6.07) is 6.61. The van der Waals surface area contributed by atoms with Gasteiger partial charge in [-0.3, -0.25) is 9.59 Å². The minimum Gasteiger partial charge on any atom is -0.361 e. The van der Waals surface area contributed by atoms with Gasteiger partial charge in [0.15, 0.2) is 0 Å². The highest BCUT2D eigenvalue weighted by Gasteiger charge is 2.13. The molecule has 2 aromatic rings. The van der Waals surface area contributed by atoms with Crippen LogP contribution in [0.25, 0.3) is 0 Å². The normalized spacial score (nSPS) is 11.8. The first-order valence-corrected chi connectivity index (χ1v) is 6.84. The first kappa shape index (κ1) is 15.7. The molecule has 1 heterocycles. The number of carbonyl (C=O) groups is 2. The molecule has 0 aliphatic carbocycles. The third kappa shape index (κ3) is 4.16. The van der Waals surface area contributed by atoms with Crippen molar-refractivity contribution >= 4 is 23.2 Å². The fourth-order valence-corrected chi connectivity index (χ4v) is 1.86. The Bertz CT molecular complexity index is 662. The number of hydrogen-bond donors (Lipinski definition) is 3. The number of nitrogens with zero attached hydrogens (tertiary/aromatic N) is 1. The van der Waals surface area contributed by atoms with Gasteiger partial charge in [0.25, 0.3) is 5.91 Å². The first-order valence-electron chi connectivity index (χ1n) is 6.84. The molecule has 2 rings (SSSR count). The Morgan fingerprint density at radius 3 is 2.32 bits per heavy atom. The summed E-state index contributed by atoms with van der Waals surface area (Å²) in [5.74, 6) is 0.0108. The van der Waals surface area contributed by atoms with E-state index in [9.17, 15) is 9.59 Å². The van der Waals surface area contributed by atoms with Crippen molar-refractivity contribution in [2.45, 2.75) is 26.3 Å². The SMILES string of the molecule is Cc1oncc1C(=O)Nc1ccc(NC(=O)CC(C)N)cc1. The number of aryl methyl sites for hydroxylation is 1. The fourth-order valence-electron chi connectivity index (χ4n) is 1.86. The Labute approximate surface area is 127 Å². The van der Waals surface area contributed by atoms with Gasteiger partial charge in [0.05, 0.1) is 6.20 Å². The fraction of sp³-hybridized carbons (Fsp3) is 0.267. The van der Waals surface area contributed by atoms with Crippen LogP contribution in [-0.4, -0.2) is 23.0 Å². The molecule has 0 radical (unpaired) electrons. The van der Waals surface area contributed by atoms with Crippen LogP contribution in [0.15, 0.2) is 35.0 Å². The predicted octanol–water partition coefficient (Wildman–Crippen LogP) is 1.91. The van der Waals surface area contributed by atoms with Crippen molar-refractivity contribution in [3.8, 4) is 0 Å². The van der Waals surface area contributed by atoms with Crippen molar-refractivity contribution in [3.63, 3.8) is 0 Å². The van der Waals surface area contributed by atoms with Crippen LogP contribution in [0.1, 0.15) is 29.5 Å².